The minimum absolute atomic E-state index is 0.155. The van der Waals surface area contributed by atoms with Gasteiger partial charge < -0.3 is 9.84 Å². The summed E-state index contributed by atoms with van der Waals surface area (Å²) in [6.45, 7) is 8.01. The summed E-state index contributed by atoms with van der Waals surface area (Å²) in [4.78, 5) is 27.4. The summed E-state index contributed by atoms with van der Waals surface area (Å²) in [5.41, 5.74) is -1.45. The summed E-state index contributed by atoms with van der Waals surface area (Å²) >= 11 is 0. The Morgan fingerprint density at radius 3 is 2.28 bits per heavy atom. The van der Waals surface area contributed by atoms with Gasteiger partial charge in [0.25, 0.3) is 11.7 Å². The quantitative estimate of drug-likeness (QED) is 0.161. The number of halogens is 4. The van der Waals surface area contributed by atoms with Crippen molar-refractivity contribution < 1.29 is 37.0 Å². The fourth-order valence-corrected chi connectivity index (χ4v) is 4.62. The maximum Gasteiger partial charge on any atom is 0.416 e. The van der Waals surface area contributed by atoms with Gasteiger partial charge in [0.05, 0.1) is 23.8 Å². The van der Waals surface area contributed by atoms with Crippen LogP contribution in [-0.2, 0) is 21.2 Å². The van der Waals surface area contributed by atoms with E-state index in [0.29, 0.717) is 24.0 Å². The molecule has 39 heavy (non-hydrogen) atoms. The number of ketones is 1. The molecular formula is C30H27F4NO4. The normalized spacial score (nSPS) is 17.5. The van der Waals surface area contributed by atoms with Gasteiger partial charge in [-0.25, -0.2) is 4.39 Å². The largest absolute Gasteiger partial charge is 0.507 e. The van der Waals surface area contributed by atoms with Crippen molar-refractivity contribution in [1.82, 2.24) is 0 Å². The van der Waals surface area contributed by atoms with Gasteiger partial charge in [0.15, 0.2) is 0 Å². The van der Waals surface area contributed by atoms with Crippen LogP contribution >= 0.6 is 0 Å². The van der Waals surface area contributed by atoms with Crippen molar-refractivity contribution in [3.63, 3.8) is 0 Å². The average molecular weight is 542 g/mol. The van der Waals surface area contributed by atoms with Crippen molar-refractivity contribution in [2.75, 3.05) is 11.5 Å². The molecule has 1 aliphatic rings. The van der Waals surface area contributed by atoms with Crippen LogP contribution in [0.2, 0.25) is 0 Å². The Morgan fingerprint density at radius 2 is 1.67 bits per heavy atom. The zero-order chi connectivity index (χ0) is 28.7. The number of aliphatic hydroxyl groups is 1. The van der Waals surface area contributed by atoms with Crippen LogP contribution in [0, 0.1) is 5.82 Å². The molecular weight excluding hydrogens is 514 g/mol. The summed E-state index contributed by atoms with van der Waals surface area (Å²) in [5.74, 6) is -3.15. The molecule has 0 spiro atoms. The molecule has 1 amide bonds. The smallest absolute Gasteiger partial charge is 0.416 e. The molecule has 5 nitrogen and oxygen atoms in total. The Bertz CT molecular complexity index is 1470. The average Bonchev–Trinajstić information content (AvgIpc) is 3.13. The highest BCUT2D eigenvalue weighted by molar-refractivity contribution is 6.51. The molecule has 9 heteroatoms. The van der Waals surface area contributed by atoms with Crippen LogP contribution in [0.3, 0.4) is 0 Å². The fraction of sp³-hybridized carbons (Fsp3) is 0.267. The number of ether oxygens (including phenoxy) is 1. The molecule has 1 N–H and O–H groups in total. The summed E-state index contributed by atoms with van der Waals surface area (Å²) in [5, 5.41) is 11.4. The first-order valence-corrected chi connectivity index (χ1v) is 12.3. The maximum atomic E-state index is 15.1. The van der Waals surface area contributed by atoms with E-state index in [-0.39, 0.29) is 16.8 Å². The lowest BCUT2D eigenvalue weighted by Gasteiger charge is -2.27. The second-order valence-electron chi connectivity index (χ2n) is 10.1. The number of hydrogen-bond donors (Lipinski definition) is 1. The molecule has 0 radical (unpaired) electrons. The SMILES string of the molecule is CCOc1ccc(/C(O)=C2\C(=O)C(=O)N(c3cccc(C(F)(F)F)c3)C2c2ccccc2F)cc1C(C)(C)C. The first-order chi connectivity index (χ1) is 18.3. The van der Waals surface area contributed by atoms with Crippen molar-refractivity contribution in [2.24, 2.45) is 0 Å². The van der Waals surface area contributed by atoms with Gasteiger partial charge in [-0.15, -0.1) is 0 Å². The molecule has 204 valence electrons. The van der Waals surface area contributed by atoms with E-state index in [9.17, 15) is 27.9 Å². The Hall–Kier alpha value is -4.14. The van der Waals surface area contributed by atoms with E-state index in [2.05, 4.69) is 0 Å². The number of anilines is 1. The molecule has 0 aliphatic carbocycles. The highest BCUT2D eigenvalue weighted by atomic mass is 19.4. The fourth-order valence-electron chi connectivity index (χ4n) is 4.62. The van der Waals surface area contributed by atoms with Gasteiger partial charge in [0, 0.05) is 22.4 Å². The third-order valence-corrected chi connectivity index (χ3v) is 6.46. The zero-order valence-electron chi connectivity index (χ0n) is 21.8. The Morgan fingerprint density at radius 1 is 0.974 bits per heavy atom. The molecule has 1 saturated heterocycles. The second-order valence-corrected chi connectivity index (χ2v) is 10.1. The number of carbonyl (C=O) groups excluding carboxylic acids is 2. The number of alkyl halides is 3. The summed E-state index contributed by atoms with van der Waals surface area (Å²) < 4.78 is 61.2. The number of nitrogens with zero attached hydrogens (tertiary/aromatic N) is 1. The lowest BCUT2D eigenvalue weighted by molar-refractivity contribution is -0.137. The Kier molecular flexibility index (Phi) is 7.29. The first-order valence-electron chi connectivity index (χ1n) is 12.3. The summed E-state index contributed by atoms with van der Waals surface area (Å²) in [6.07, 6.45) is -4.72. The lowest BCUT2D eigenvalue weighted by Crippen LogP contribution is -2.30. The minimum atomic E-state index is -4.72. The van der Waals surface area contributed by atoms with Gasteiger partial charge >= 0.3 is 6.18 Å². The molecule has 1 atom stereocenters. The van der Waals surface area contributed by atoms with Crippen LogP contribution in [0.4, 0.5) is 23.2 Å². The number of amides is 1. The minimum Gasteiger partial charge on any atom is -0.507 e. The number of hydrogen-bond acceptors (Lipinski definition) is 4. The molecule has 1 fully saturated rings. The Balaban J connectivity index is 1.98. The van der Waals surface area contributed by atoms with Crippen LogP contribution in [0.1, 0.15) is 56.0 Å². The van der Waals surface area contributed by atoms with E-state index >= 15 is 4.39 Å². The standard InChI is InChI=1S/C30H27F4NO4/c1-5-39-23-14-13-17(15-21(23)29(2,3)4)26(36)24-25(20-11-6-7-12-22(20)31)35(28(38)27(24)37)19-10-8-9-18(16-19)30(32,33)34/h6-16,25,36H,5H2,1-4H3/b26-24+. The zero-order valence-corrected chi connectivity index (χ0v) is 21.8. The van der Waals surface area contributed by atoms with Gasteiger partial charge in [0.1, 0.15) is 17.3 Å². The van der Waals surface area contributed by atoms with Gasteiger partial charge in [-0.05, 0) is 54.8 Å². The van der Waals surface area contributed by atoms with Crippen molar-refractivity contribution in [2.45, 2.75) is 45.3 Å². The molecule has 0 aromatic heterocycles. The third kappa shape index (κ3) is 5.26. The van der Waals surface area contributed by atoms with E-state index in [4.69, 9.17) is 4.74 Å². The van der Waals surface area contributed by atoms with Crippen molar-refractivity contribution in [1.29, 1.82) is 0 Å². The molecule has 0 bridgehead atoms. The van der Waals surface area contributed by atoms with E-state index in [1.54, 1.807) is 12.1 Å². The molecule has 1 heterocycles. The topological polar surface area (TPSA) is 66.8 Å². The Labute approximate surface area is 223 Å². The number of benzene rings is 3. The molecule has 1 aliphatic heterocycles. The molecule has 1 unspecified atom stereocenters. The molecule has 0 saturated carbocycles. The van der Waals surface area contributed by atoms with Crippen LogP contribution in [0.5, 0.6) is 5.75 Å². The van der Waals surface area contributed by atoms with Gasteiger partial charge in [-0.2, -0.15) is 13.2 Å². The third-order valence-electron chi connectivity index (χ3n) is 6.46. The summed E-state index contributed by atoms with van der Waals surface area (Å²) in [6, 6.07) is 12.4. The highest BCUT2D eigenvalue weighted by Crippen LogP contribution is 2.44. The summed E-state index contributed by atoms with van der Waals surface area (Å²) in [7, 11) is 0. The van der Waals surface area contributed by atoms with Crippen LogP contribution in [-0.4, -0.2) is 23.4 Å². The molecule has 3 aromatic carbocycles. The first kappa shape index (κ1) is 27.9. The van der Waals surface area contributed by atoms with Crippen molar-refractivity contribution >= 4 is 23.1 Å². The molecule has 3 aromatic rings. The monoisotopic (exact) mass is 541 g/mol. The highest BCUT2D eigenvalue weighted by Gasteiger charge is 2.48. The second kappa shape index (κ2) is 10.2. The van der Waals surface area contributed by atoms with Crippen LogP contribution in [0.25, 0.3) is 5.76 Å². The number of rotatable bonds is 5. The van der Waals surface area contributed by atoms with Crippen molar-refractivity contribution in [3.05, 3.63) is 100 Å². The number of Topliss-reactive ketones (excluding diaryl/α,β-unsaturated/α-hetero) is 1. The predicted molar refractivity (Wildman–Crippen MR) is 139 cm³/mol. The predicted octanol–water partition coefficient (Wildman–Crippen LogP) is 7.17. The lowest BCUT2D eigenvalue weighted by atomic mass is 9.84. The van der Waals surface area contributed by atoms with E-state index in [0.717, 1.165) is 23.1 Å². The molecule has 4 rings (SSSR count). The number of carbonyl (C=O) groups is 2. The van der Waals surface area contributed by atoms with E-state index < -0.39 is 52.0 Å². The van der Waals surface area contributed by atoms with Gasteiger partial charge in [-0.1, -0.05) is 45.0 Å². The van der Waals surface area contributed by atoms with Crippen LogP contribution < -0.4 is 9.64 Å². The van der Waals surface area contributed by atoms with E-state index in [1.165, 1.54) is 30.3 Å². The van der Waals surface area contributed by atoms with Crippen LogP contribution in [0.15, 0.2) is 72.3 Å². The maximum absolute atomic E-state index is 15.1. The van der Waals surface area contributed by atoms with Gasteiger partial charge in [-0.3, -0.25) is 14.5 Å². The van der Waals surface area contributed by atoms with Gasteiger partial charge in [0.2, 0.25) is 0 Å². The van der Waals surface area contributed by atoms with E-state index in [1.807, 2.05) is 27.7 Å². The number of aliphatic hydroxyl groups excluding tert-OH is 1. The van der Waals surface area contributed by atoms with Crippen molar-refractivity contribution in [3.8, 4) is 5.75 Å².